The molecule has 0 heterocycles. The minimum atomic E-state index is -1.23. The molecule has 2 aromatic carbocycles. The third kappa shape index (κ3) is 3.56. The number of carboxylic acids is 1. The Hall–Kier alpha value is -2.76. The second-order valence-corrected chi connectivity index (χ2v) is 6.92. The van der Waals surface area contributed by atoms with Crippen molar-refractivity contribution in [3.05, 3.63) is 71.3 Å². The Morgan fingerprint density at radius 3 is 2.48 bits per heavy atom. The predicted molar refractivity (Wildman–Crippen MR) is 96.3 cm³/mol. The van der Waals surface area contributed by atoms with Gasteiger partial charge in [-0.15, -0.1) is 0 Å². The lowest BCUT2D eigenvalue weighted by Crippen LogP contribution is -2.46. The lowest BCUT2D eigenvalue weighted by Gasteiger charge is -2.29. The minimum Gasteiger partial charge on any atom is -0.481 e. The number of carbonyl (C=O) groups excluding carboxylic acids is 1. The first-order chi connectivity index (χ1) is 12.9. The van der Waals surface area contributed by atoms with Gasteiger partial charge < -0.3 is 10.4 Å². The average molecular weight is 373 g/mol. The van der Waals surface area contributed by atoms with Crippen molar-refractivity contribution >= 4 is 11.9 Å². The maximum Gasteiger partial charge on any atom is 0.315 e. The van der Waals surface area contributed by atoms with E-state index in [1.165, 1.54) is 12.1 Å². The number of nitrogens with one attached hydrogen (secondary N) is 1. The smallest absolute Gasteiger partial charge is 0.315 e. The van der Waals surface area contributed by atoms with Gasteiger partial charge in [-0.2, -0.15) is 0 Å². The first-order valence-electron chi connectivity index (χ1n) is 8.91. The van der Waals surface area contributed by atoms with Crippen molar-refractivity contribution in [3.63, 3.8) is 0 Å². The van der Waals surface area contributed by atoms with Crippen LogP contribution >= 0.6 is 0 Å². The summed E-state index contributed by atoms with van der Waals surface area (Å²) in [5.74, 6) is -4.05. The van der Waals surface area contributed by atoms with Gasteiger partial charge in [0.15, 0.2) is 11.6 Å². The Balaban J connectivity index is 1.71. The normalized spacial score (nSPS) is 20.6. The number of benzene rings is 2. The van der Waals surface area contributed by atoms with E-state index >= 15 is 0 Å². The number of rotatable bonds is 7. The molecule has 6 heteroatoms. The molecule has 1 saturated carbocycles. The molecule has 0 aliphatic heterocycles. The highest BCUT2D eigenvalue weighted by atomic mass is 19.2. The fraction of sp³-hybridized carbons (Fsp3) is 0.333. The van der Waals surface area contributed by atoms with Crippen LogP contribution in [-0.2, 0) is 15.0 Å². The summed E-state index contributed by atoms with van der Waals surface area (Å²) in [5.41, 5.74) is -0.423. The van der Waals surface area contributed by atoms with Crippen LogP contribution in [0.2, 0.25) is 0 Å². The maximum absolute atomic E-state index is 13.9. The zero-order valence-corrected chi connectivity index (χ0v) is 14.9. The molecule has 1 aliphatic carbocycles. The molecule has 0 saturated heterocycles. The molecule has 3 atom stereocenters. The minimum absolute atomic E-state index is 0.0590. The number of carbonyl (C=O) groups is 2. The van der Waals surface area contributed by atoms with Crippen LogP contribution in [-0.4, -0.2) is 23.5 Å². The summed E-state index contributed by atoms with van der Waals surface area (Å²) in [7, 11) is 0. The van der Waals surface area contributed by atoms with Gasteiger partial charge in [0.25, 0.3) is 0 Å². The molecule has 0 spiro atoms. The van der Waals surface area contributed by atoms with Gasteiger partial charge in [0.05, 0.1) is 0 Å². The second-order valence-electron chi connectivity index (χ2n) is 6.92. The number of aliphatic carboxylic acids is 1. The summed E-state index contributed by atoms with van der Waals surface area (Å²) in [5, 5.41) is 12.5. The van der Waals surface area contributed by atoms with Gasteiger partial charge in [-0.3, -0.25) is 9.59 Å². The molecule has 142 valence electrons. The van der Waals surface area contributed by atoms with E-state index in [4.69, 9.17) is 0 Å². The van der Waals surface area contributed by atoms with E-state index in [1.807, 2.05) is 0 Å². The molecule has 2 N–H and O–H groups in total. The zero-order chi connectivity index (χ0) is 19.6. The number of hydrogen-bond acceptors (Lipinski definition) is 2. The summed E-state index contributed by atoms with van der Waals surface area (Å²) in [6.07, 6.45) is 0.725. The van der Waals surface area contributed by atoms with Gasteiger partial charge in [0, 0.05) is 12.5 Å². The third-order valence-electron chi connectivity index (χ3n) is 5.41. The summed E-state index contributed by atoms with van der Waals surface area (Å²) in [6.45, 7) is 1.70. The largest absolute Gasteiger partial charge is 0.481 e. The van der Waals surface area contributed by atoms with E-state index in [2.05, 4.69) is 5.32 Å². The predicted octanol–water partition coefficient (Wildman–Crippen LogP) is 3.62. The Morgan fingerprint density at radius 2 is 1.85 bits per heavy atom. The molecule has 0 bridgehead atoms. The van der Waals surface area contributed by atoms with Crippen LogP contribution in [0.15, 0.2) is 48.5 Å². The van der Waals surface area contributed by atoms with Crippen molar-refractivity contribution in [2.75, 3.05) is 6.54 Å². The van der Waals surface area contributed by atoms with E-state index < -0.39 is 28.9 Å². The Morgan fingerprint density at radius 1 is 1.15 bits per heavy atom. The summed E-state index contributed by atoms with van der Waals surface area (Å²) >= 11 is 0. The standard InChI is InChI=1S/C21H21F2NO3/c1-2-21(20(26)27,13-7-4-3-5-8-13)12-24-19(25)16-11-15(16)14-9-6-10-17(22)18(14)23/h3-10,15-16H,2,11-12H2,1H3,(H,24,25)(H,26,27). The molecule has 2 aromatic rings. The number of halogens is 2. The Labute approximate surface area is 156 Å². The Bertz CT molecular complexity index is 856. The molecule has 3 unspecified atom stereocenters. The highest BCUT2D eigenvalue weighted by Crippen LogP contribution is 2.48. The summed E-state index contributed by atoms with van der Waals surface area (Å²) < 4.78 is 27.3. The molecule has 0 aromatic heterocycles. The lowest BCUT2D eigenvalue weighted by molar-refractivity contribution is -0.144. The van der Waals surface area contributed by atoms with Gasteiger partial charge >= 0.3 is 5.97 Å². The topological polar surface area (TPSA) is 66.4 Å². The summed E-state index contributed by atoms with van der Waals surface area (Å²) in [6, 6.07) is 12.7. The van der Waals surface area contributed by atoms with E-state index in [-0.39, 0.29) is 23.9 Å². The van der Waals surface area contributed by atoms with Crippen LogP contribution < -0.4 is 5.32 Å². The van der Waals surface area contributed by atoms with Crippen molar-refractivity contribution < 1.29 is 23.5 Å². The number of amides is 1. The molecule has 4 nitrogen and oxygen atoms in total. The fourth-order valence-electron chi connectivity index (χ4n) is 3.54. The van der Waals surface area contributed by atoms with Crippen molar-refractivity contribution in [1.82, 2.24) is 5.32 Å². The molecule has 1 aliphatic rings. The maximum atomic E-state index is 13.9. The number of carboxylic acid groups (broad SMARTS) is 1. The fourth-order valence-corrected chi connectivity index (χ4v) is 3.54. The number of hydrogen-bond donors (Lipinski definition) is 2. The molecular weight excluding hydrogens is 352 g/mol. The monoisotopic (exact) mass is 373 g/mol. The molecule has 1 fully saturated rings. The van der Waals surface area contributed by atoms with E-state index in [0.29, 0.717) is 18.4 Å². The van der Waals surface area contributed by atoms with Crippen LogP contribution in [0.1, 0.15) is 36.8 Å². The van der Waals surface area contributed by atoms with Crippen LogP contribution in [0.5, 0.6) is 0 Å². The van der Waals surface area contributed by atoms with E-state index in [0.717, 1.165) is 6.07 Å². The van der Waals surface area contributed by atoms with Gasteiger partial charge in [-0.25, -0.2) is 8.78 Å². The first kappa shape index (κ1) is 19.0. The molecular formula is C21H21F2NO3. The van der Waals surface area contributed by atoms with E-state index in [1.54, 1.807) is 37.3 Å². The zero-order valence-electron chi connectivity index (χ0n) is 14.9. The third-order valence-corrected chi connectivity index (χ3v) is 5.41. The lowest BCUT2D eigenvalue weighted by atomic mass is 9.78. The van der Waals surface area contributed by atoms with Crippen molar-refractivity contribution in [3.8, 4) is 0 Å². The van der Waals surface area contributed by atoms with Crippen molar-refractivity contribution in [2.45, 2.75) is 31.1 Å². The second kappa shape index (κ2) is 7.47. The van der Waals surface area contributed by atoms with Gasteiger partial charge in [0.1, 0.15) is 5.41 Å². The van der Waals surface area contributed by atoms with Gasteiger partial charge in [-0.1, -0.05) is 49.4 Å². The van der Waals surface area contributed by atoms with Crippen molar-refractivity contribution in [1.29, 1.82) is 0 Å². The quantitative estimate of drug-likeness (QED) is 0.779. The first-order valence-corrected chi connectivity index (χ1v) is 8.91. The highest BCUT2D eigenvalue weighted by Gasteiger charge is 2.47. The molecule has 3 rings (SSSR count). The Kier molecular flexibility index (Phi) is 5.26. The SMILES string of the molecule is CCC(CNC(=O)C1CC1c1cccc(F)c1F)(C(=O)O)c1ccccc1. The molecule has 27 heavy (non-hydrogen) atoms. The van der Waals surface area contributed by atoms with Crippen LogP contribution in [0.25, 0.3) is 0 Å². The molecule has 0 radical (unpaired) electrons. The highest BCUT2D eigenvalue weighted by molar-refractivity contribution is 5.86. The average Bonchev–Trinajstić information content (AvgIpc) is 3.46. The molecule has 1 amide bonds. The van der Waals surface area contributed by atoms with Crippen LogP contribution in [0.4, 0.5) is 8.78 Å². The van der Waals surface area contributed by atoms with Crippen LogP contribution in [0, 0.1) is 17.6 Å². The van der Waals surface area contributed by atoms with E-state index in [9.17, 15) is 23.5 Å². The van der Waals surface area contributed by atoms with Crippen molar-refractivity contribution in [2.24, 2.45) is 5.92 Å². The van der Waals surface area contributed by atoms with Crippen LogP contribution in [0.3, 0.4) is 0 Å². The summed E-state index contributed by atoms with van der Waals surface area (Å²) in [4.78, 5) is 24.5. The van der Waals surface area contributed by atoms with Gasteiger partial charge in [0.2, 0.25) is 5.91 Å². The van der Waals surface area contributed by atoms with Gasteiger partial charge in [-0.05, 0) is 36.0 Å².